The zero-order chi connectivity index (χ0) is 30.3. The Balaban J connectivity index is 1.50. The lowest BCUT2D eigenvalue weighted by atomic mass is 9.90. The number of piperidine rings is 1. The molecule has 0 saturated carbocycles. The highest BCUT2D eigenvalue weighted by Crippen LogP contribution is 2.51. The van der Waals surface area contributed by atoms with Gasteiger partial charge in [0.1, 0.15) is 11.2 Å². The van der Waals surface area contributed by atoms with Gasteiger partial charge in [-0.2, -0.15) is 0 Å². The van der Waals surface area contributed by atoms with Crippen LogP contribution in [0.15, 0.2) is 35.5 Å². The van der Waals surface area contributed by atoms with Gasteiger partial charge in [0.2, 0.25) is 5.43 Å². The third-order valence-corrected chi connectivity index (χ3v) is 9.36. The van der Waals surface area contributed by atoms with Gasteiger partial charge in [-0.1, -0.05) is 0 Å². The number of aromatic nitrogens is 3. The number of pyridine rings is 3. The van der Waals surface area contributed by atoms with Crippen LogP contribution in [0.3, 0.4) is 0 Å². The Bertz CT molecular complexity index is 1890. The number of aryl methyl sites for hydroxylation is 1. The molecule has 1 aliphatic carbocycles. The van der Waals surface area contributed by atoms with Crippen molar-refractivity contribution in [2.45, 2.75) is 25.0 Å². The normalized spacial score (nSPS) is 21.2. The average molecular weight is 589 g/mol. The van der Waals surface area contributed by atoms with Crippen molar-refractivity contribution in [2.75, 3.05) is 43.9 Å². The summed E-state index contributed by atoms with van der Waals surface area (Å²) in [5.41, 5.74) is 3.21. The largest absolute Gasteiger partial charge is 0.477 e. The molecule has 3 atom stereocenters. The van der Waals surface area contributed by atoms with Gasteiger partial charge in [0, 0.05) is 105 Å². The van der Waals surface area contributed by atoms with Crippen molar-refractivity contribution >= 4 is 28.4 Å². The number of nitrogens with zero attached hydrogens (tertiary/aromatic N) is 5. The number of aliphatic hydroxyl groups is 1. The zero-order valence-corrected chi connectivity index (χ0v) is 23.9. The van der Waals surface area contributed by atoms with E-state index >= 15 is 4.39 Å². The number of nitrogens with one attached hydrogen (secondary N) is 1. The van der Waals surface area contributed by atoms with Crippen molar-refractivity contribution < 1.29 is 23.8 Å². The number of hydrogen-bond acceptors (Lipinski definition) is 8. The first kappa shape index (κ1) is 27.4. The minimum Gasteiger partial charge on any atom is -0.477 e. The molecule has 3 aromatic heterocycles. The molecule has 7 rings (SSSR count). The molecule has 2 fully saturated rings. The third kappa shape index (κ3) is 4.04. The number of likely N-dealkylation sites (tertiary alicyclic amines) is 1. The number of rotatable bonds is 4. The minimum atomic E-state index is -1.34. The van der Waals surface area contributed by atoms with Crippen LogP contribution in [0.25, 0.3) is 33.3 Å². The molecule has 3 aliphatic rings. The predicted molar refractivity (Wildman–Crippen MR) is 158 cm³/mol. The fraction of sp³-hybridized carbons (Fsp3) is 0.355. The molecule has 43 heavy (non-hydrogen) atoms. The Kier molecular flexibility index (Phi) is 6.26. The van der Waals surface area contributed by atoms with Crippen molar-refractivity contribution in [3.8, 4) is 22.3 Å². The van der Waals surface area contributed by atoms with Gasteiger partial charge in [0.05, 0.1) is 22.9 Å². The molecule has 0 amide bonds. The first-order valence-corrected chi connectivity index (χ1v) is 14.2. The predicted octanol–water partition coefficient (Wildman–Crippen LogP) is 3.09. The van der Waals surface area contributed by atoms with Crippen molar-refractivity contribution in [2.24, 2.45) is 13.0 Å². The fourth-order valence-electron chi connectivity index (χ4n) is 7.19. The average Bonchev–Trinajstić information content (AvgIpc) is 3.61. The van der Waals surface area contributed by atoms with Crippen LogP contribution in [0.2, 0.25) is 0 Å². The van der Waals surface area contributed by atoms with Crippen LogP contribution in [-0.4, -0.2) is 81.5 Å². The number of carboxylic acid groups (broad SMARTS) is 1. The Morgan fingerprint density at radius 2 is 1.91 bits per heavy atom. The first-order chi connectivity index (χ1) is 20.6. The highest BCUT2D eigenvalue weighted by atomic mass is 19.2. The first-order valence-electron chi connectivity index (χ1n) is 14.2. The maximum absolute atomic E-state index is 15.7. The standard InChI is InChI=1S/C31H30F2N6O4/c1-34-21-8-20(32)27(33)25-15(21)7-22-26(25)28(39-12-18-23(13-39)37(2)5-4-24(18)40)17(10-35-22)14-6-16-29(41)19(31(42)43)11-38(3)30(16)36-9-14/h6,8-11,18,23-24,34,40H,4-5,7,12-13H2,1-3H3,(H,42,43)/t18-,23+,24?/m1/s1. The lowest BCUT2D eigenvalue weighted by molar-refractivity contribution is 0.0185. The van der Waals surface area contributed by atoms with Gasteiger partial charge in [-0.25, -0.2) is 18.6 Å². The molecule has 0 spiro atoms. The second-order valence-corrected chi connectivity index (χ2v) is 11.7. The number of halogens is 2. The van der Waals surface area contributed by atoms with Gasteiger partial charge in [-0.05, 0) is 25.1 Å². The van der Waals surface area contributed by atoms with E-state index in [4.69, 9.17) is 4.98 Å². The van der Waals surface area contributed by atoms with Crippen LogP contribution in [0.4, 0.5) is 20.2 Å². The summed E-state index contributed by atoms with van der Waals surface area (Å²) in [6, 6.07) is 2.79. The molecule has 0 radical (unpaired) electrons. The summed E-state index contributed by atoms with van der Waals surface area (Å²) in [5, 5.41) is 23.6. The third-order valence-electron chi connectivity index (χ3n) is 9.36. The molecule has 2 saturated heterocycles. The van der Waals surface area contributed by atoms with E-state index in [-0.39, 0.29) is 28.5 Å². The molecule has 0 bridgehead atoms. The quantitative estimate of drug-likeness (QED) is 0.291. The molecule has 3 N–H and O–H groups in total. The Morgan fingerprint density at radius 1 is 1.12 bits per heavy atom. The van der Waals surface area contributed by atoms with Crippen LogP contribution in [-0.2, 0) is 13.5 Å². The lowest BCUT2D eigenvalue weighted by Gasteiger charge is -2.36. The highest BCUT2D eigenvalue weighted by Gasteiger charge is 2.44. The molecule has 12 heteroatoms. The van der Waals surface area contributed by atoms with Gasteiger partial charge < -0.3 is 29.9 Å². The molecular formula is C31H30F2N6O4. The number of fused-ring (bicyclic) bond motifs is 5. The van der Waals surface area contributed by atoms with E-state index in [2.05, 4.69) is 20.1 Å². The van der Waals surface area contributed by atoms with Crippen LogP contribution >= 0.6 is 0 Å². The van der Waals surface area contributed by atoms with Crippen molar-refractivity contribution in [3.63, 3.8) is 0 Å². The Labute approximate surface area is 245 Å². The molecule has 222 valence electrons. The maximum Gasteiger partial charge on any atom is 0.341 e. The molecule has 2 aliphatic heterocycles. The highest BCUT2D eigenvalue weighted by molar-refractivity contribution is 5.98. The molecule has 1 aromatic carbocycles. The number of hydrogen-bond donors (Lipinski definition) is 3. The van der Waals surface area contributed by atoms with E-state index in [0.717, 1.165) is 12.6 Å². The van der Waals surface area contributed by atoms with Crippen molar-refractivity contribution in [1.82, 2.24) is 19.4 Å². The van der Waals surface area contributed by atoms with Gasteiger partial charge in [-0.3, -0.25) is 9.78 Å². The monoisotopic (exact) mass is 588 g/mol. The Morgan fingerprint density at radius 3 is 2.63 bits per heavy atom. The zero-order valence-electron chi connectivity index (χ0n) is 23.9. The Hall–Kier alpha value is -4.42. The molecule has 10 nitrogen and oxygen atoms in total. The molecular weight excluding hydrogens is 558 g/mol. The summed E-state index contributed by atoms with van der Waals surface area (Å²) < 4.78 is 32.2. The number of benzene rings is 1. The van der Waals surface area contributed by atoms with Crippen LogP contribution < -0.4 is 15.6 Å². The van der Waals surface area contributed by atoms with Crippen LogP contribution in [0, 0.1) is 17.6 Å². The van der Waals surface area contributed by atoms with Gasteiger partial charge in [0.15, 0.2) is 11.6 Å². The maximum atomic E-state index is 15.7. The SMILES string of the molecule is CNc1cc(F)c(F)c2c1Cc1ncc(-c3cnc4c(c3)c(=O)c(C(=O)O)cn4C)c(N3C[C@H]4C(O)CCN(C)[C@H]4C3)c1-2. The minimum absolute atomic E-state index is 0.0478. The van der Waals surface area contributed by atoms with E-state index in [1.807, 2.05) is 7.05 Å². The van der Waals surface area contributed by atoms with E-state index in [1.165, 1.54) is 10.8 Å². The summed E-state index contributed by atoms with van der Waals surface area (Å²) in [5.74, 6) is -3.33. The van der Waals surface area contributed by atoms with Crippen LogP contribution in [0.1, 0.15) is 28.0 Å². The number of anilines is 2. The smallest absolute Gasteiger partial charge is 0.341 e. The fourth-order valence-corrected chi connectivity index (χ4v) is 7.19. The van der Waals surface area contributed by atoms with Gasteiger partial charge in [0.25, 0.3) is 0 Å². The molecule has 5 heterocycles. The number of aromatic carboxylic acids is 1. The lowest BCUT2D eigenvalue weighted by Crippen LogP contribution is -2.48. The second-order valence-electron chi connectivity index (χ2n) is 11.7. The van der Waals surface area contributed by atoms with Crippen molar-refractivity contribution in [1.29, 1.82) is 0 Å². The summed E-state index contributed by atoms with van der Waals surface area (Å²) in [4.78, 5) is 38.5. The molecule has 1 unspecified atom stereocenters. The van der Waals surface area contributed by atoms with E-state index < -0.39 is 29.1 Å². The number of carboxylic acids is 1. The van der Waals surface area contributed by atoms with Crippen molar-refractivity contribution in [3.05, 3.63) is 69.4 Å². The topological polar surface area (TPSA) is 124 Å². The number of aliphatic hydroxyl groups excluding tert-OH is 1. The van der Waals surface area contributed by atoms with Gasteiger partial charge >= 0.3 is 5.97 Å². The van der Waals surface area contributed by atoms with E-state index in [9.17, 15) is 24.2 Å². The number of carbonyl (C=O) groups is 1. The van der Waals surface area contributed by atoms with Gasteiger partial charge in [-0.15, -0.1) is 0 Å². The van der Waals surface area contributed by atoms with Crippen LogP contribution in [0.5, 0.6) is 0 Å². The summed E-state index contributed by atoms with van der Waals surface area (Å²) in [7, 11) is 5.30. The summed E-state index contributed by atoms with van der Waals surface area (Å²) >= 11 is 0. The summed E-state index contributed by atoms with van der Waals surface area (Å²) in [6.07, 6.45) is 4.92. The van der Waals surface area contributed by atoms with E-state index in [1.54, 1.807) is 32.6 Å². The van der Waals surface area contributed by atoms with E-state index in [0.29, 0.717) is 70.9 Å². The molecule has 4 aromatic rings. The summed E-state index contributed by atoms with van der Waals surface area (Å²) in [6.45, 7) is 1.77. The second kappa shape index (κ2) is 9.81. The number of likely N-dealkylation sites (N-methyl/N-ethyl adjacent to an activating group) is 1.